The second-order valence-corrected chi connectivity index (χ2v) is 6.28. The van der Waals surface area contributed by atoms with Gasteiger partial charge in [-0.05, 0) is 13.8 Å². The minimum atomic E-state index is -2.88. The van der Waals surface area contributed by atoms with Crippen LogP contribution >= 0.6 is 0 Å². The highest BCUT2D eigenvalue weighted by atomic mass is 32.2. The van der Waals surface area contributed by atoms with Crippen molar-refractivity contribution in [2.75, 3.05) is 25.5 Å². The molecule has 1 aliphatic rings. The third-order valence-corrected chi connectivity index (χ3v) is 4.39. The first-order valence-electron chi connectivity index (χ1n) is 4.55. The zero-order valence-corrected chi connectivity index (χ0v) is 8.93. The van der Waals surface area contributed by atoms with Gasteiger partial charge in [0, 0.05) is 6.54 Å². The van der Waals surface area contributed by atoms with E-state index < -0.39 is 9.84 Å². The van der Waals surface area contributed by atoms with Gasteiger partial charge in [-0.3, -0.25) is 0 Å². The van der Waals surface area contributed by atoms with Crippen LogP contribution in [-0.2, 0) is 14.6 Å². The lowest BCUT2D eigenvalue weighted by Crippen LogP contribution is -2.47. The van der Waals surface area contributed by atoms with E-state index in [2.05, 4.69) is 5.32 Å². The fraction of sp³-hybridized carbons (Fsp3) is 1.00. The molecule has 5 heteroatoms. The van der Waals surface area contributed by atoms with E-state index in [-0.39, 0.29) is 11.0 Å². The van der Waals surface area contributed by atoms with Crippen molar-refractivity contribution in [1.29, 1.82) is 0 Å². The van der Waals surface area contributed by atoms with Crippen LogP contribution in [0.5, 0.6) is 0 Å². The lowest BCUT2D eigenvalue weighted by molar-refractivity contribution is -0.00410. The van der Waals surface area contributed by atoms with E-state index in [4.69, 9.17) is 4.74 Å². The summed E-state index contributed by atoms with van der Waals surface area (Å²) in [6, 6.07) is 0.363. The Bertz CT molecular complexity index is 244. The highest BCUT2D eigenvalue weighted by molar-refractivity contribution is 7.92. The highest BCUT2D eigenvalue weighted by Gasteiger charge is 2.20. The summed E-state index contributed by atoms with van der Waals surface area (Å²) >= 11 is 0. The van der Waals surface area contributed by atoms with Crippen LogP contribution in [0.3, 0.4) is 0 Å². The van der Waals surface area contributed by atoms with Gasteiger partial charge >= 0.3 is 0 Å². The Kier molecular flexibility index (Phi) is 3.70. The number of nitrogens with one attached hydrogen (secondary N) is 1. The van der Waals surface area contributed by atoms with Gasteiger partial charge in [0.1, 0.15) is 0 Å². The van der Waals surface area contributed by atoms with Crippen molar-refractivity contribution in [3.63, 3.8) is 0 Å². The van der Waals surface area contributed by atoms with Gasteiger partial charge in [-0.25, -0.2) is 8.42 Å². The fourth-order valence-corrected chi connectivity index (χ4v) is 1.87. The molecule has 0 bridgehead atoms. The quantitative estimate of drug-likeness (QED) is 0.678. The summed E-state index contributed by atoms with van der Waals surface area (Å²) in [5.74, 6) is 0.223. The molecule has 0 aliphatic carbocycles. The van der Waals surface area contributed by atoms with Gasteiger partial charge in [-0.2, -0.15) is 0 Å². The molecule has 1 heterocycles. The molecule has 0 amide bonds. The summed E-state index contributed by atoms with van der Waals surface area (Å²) in [7, 11) is -2.88. The molecule has 0 radical (unpaired) electrons. The van der Waals surface area contributed by atoms with Gasteiger partial charge in [-0.15, -0.1) is 0 Å². The Hall–Kier alpha value is -0.130. The molecule has 0 aromatic rings. The van der Waals surface area contributed by atoms with E-state index in [0.717, 1.165) is 0 Å². The van der Waals surface area contributed by atoms with Gasteiger partial charge in [0.05, 0.1) is 30.3 Å². The van der Waals surface area contributed by atoms with Crippen molar-refractivity contribution >= 4 is 9.84 Å². The molecule has 1 rings (SSSR count). The first-order chi connectivity index (χ1) is 6.02. The van der Waals surface area contributed by atoms with E-state index in [0.29, 0.717) is 25.8 Å². The molecule has 0 atom stereocenters. The van der Waals surface area contributed by atoms with Crippen molar-refractivity contribution in [2.45, 2.75) is 25.1 Å². The van der Waals surface area contributed by atoms with E-state index in [1.54, 1.807) is 13.8 Å². The Morgan fingerprint density at radius 3 is 2.46 bits per heavy atom. The molecule has 1 aliphatic heterocycles. The molecular weight excluding hydrogens is 190 g/mol. The molecule has 1 fully saturated rings. The minimum absolute atomic E-state index is 0.223. The zero-order chi connectivity index (χ0) is 9.90. The normalized spacial score (nSPS) is 19.0. The van der Waals surface area contributed by atoms with E-state index in [1.807, 2.05) is 0 Å². The van der Waals surface area contributed by atoms with E-state index in [1.165, 1.54) is 0 Å². The average molecular weight is 207 g/mol. The van der Waals surface area contributed by atoms with Gasteiger partial charge in [0.2, 0.25) is 0 Å². The second kappa shape index (κ2) is 4.39. The monoisotopic (exact) mass is 207 g/mol. The highest BCUT2D eigenvalue weighted by Crippen LogP contribution is 2.01. The second-order valence-electron chi connectivity index (χ2n) is 3.60. The Balaban J connectivity index is 2.17. The van der Waals surface area contributed by atoms with Crippen LogP contribution in [0.4, 0.5) is 0 Å². The fourth-order valence-electron chi connectivity index (χ4n) is 0.995. The first kappa shape index (κ1) is 10.9. The summed E-state index contributed by atoms with van der Waals surface area (Å²) in [4.78, 5) is 0. The molecule has 4 nitrogen and oxygen atoms in total. The van der Waals surface area contributed by atoms with Crippen LogP contribution in [0, 0.1) is 0 Å². The van der Waals surface area contributed by atoms with Crippen LogP contribution < -0.4 is 5.32 Å². The first-order valence-corrected chi connectivity index (χ1v) is 6.26. The van der Waals surface area contributed by atoms with Gasteiger partial charge in [-0.1, -0.05) is 0 Å². The van der Waals surface area contributed by atoms with Crippen LogP contribution in [0.15, 0.2) is 0 Å². The molecule has 78 valence electrons. The molecule has 1 N–H and O–H groups in total. The largest absolute Gasteiger partial charge is 0.378 e. The number of sulfone groups is 1. The summed E-state index contributed by atoms with van der Waals surface area (Å²) in [5.41, 5.74) is 0. The smallest absolute Gasteiger partial charge is 0.153 e. The number of ether oxygens (including phenoxy) is 1. The standard InChI is InChI=1S/C8H17NO3S/c1-7(2)13(10,11)4-3-9-8-5-12-6-8/h7-9H,3-6H2,1-2H3. The minimum Gasteiger partial charge on any atom is -0.378 e. The lowest BCUT2D eigenvalue weighted by atomic mass is 10.3. The van der Waals surface area contributed by atoms with Crippen LogP contribution in [0.2, 0.25) is 0 Å². The molecule has 0 saturated carbocycles. The van der Waals surface area contributed by atoms with Gasteiger partial charge < -0.3 is 10.1 Å². The van der Waals surface area contributed by atoms with Crippen molar-refractivity contribution in [3.8, 4) is 0 Å². The van der Waals surface area contributed by atoms with E-state index >= 15 is 0 Å². The molecule has 0 spiro atoms. The summed E-state index contributed by atoms with van der Waals surface area (Å²) in [6.45, 7) is 5.38. The summed E-state index contributed by atoms with van der Waals surface area (Å²) in [5, 5.41) is 2.85. The van der Waals surface area contributed by atoms with Crippen molar-refractivity contribution < 1.29 is 13.2 Å². The predicted molar refractivity (Wildman–Crippen MR) is 51.5 cm³/mol. The average Bonchev–Trinajstić information content (AvgIpc) is 1.94. The number of rotatable bonds is 5. The van der Waals surface area contributed by atoms with Gasteiger partial charge in [0.25, 0.3) is 0 Å². The van der Waals surface area contributed by atoms with Crippen LogP contribution in [-0.4, -0.2) is 45.2 Å². The molecule has 0 aromatic heterocycles. The van der Waals surface area contributed by atoms with Crippen molar-refractivity contribution in [2.24, 2.45) is 0 Å². The maximum atomic E-state index is 11.3. The molecule has 0 aromatic carbocycles. The summed E-state index contributed by atoms with van der Waals surface area (Å²) < 4.78 is 27.6. The molecular formula is C8H17NO3S. The third-order valence-electron chi connectivity index (χ3n) is 2.18. The SMILES string of the molecule is CC(C)S(=O)(=O)CCNC1COC1. The lowest BCUT2D eigenvalue weighted by Gasteiger charge is -2.27. The third kappa shape index (κ3) is 3.25. The molecule has 1 saturated heterocycles. The predicted octanol–water partition coefficient (Wildman–Crippen LogP) is -0.202. The molecule has 0 unspecified atom stereocenters. The van der Waals surface area contributed by atoms with Crippen molar-refractivity contribution in [3.05, 3.63) is 0 Å². The Labute approximate surface area is 79.6 Å². The maximum Gasteiger partial charge on any atom is 0.153 e. The maximum absolute atomic E-state index is 11.3. The molecule has 13 heavy (non-hydrogen) atoms. The van der Waals surface area contributed by atoms with E-state index in [9.17, 15) is 8.42 Å². The van der Waals surface area contributed by atoms with Crippen molar-refractivity contribution in [1.82, 2.24) is 5.32 Å². The Morgan fingerprint density at radius 2 is 2.08 bits per heavy atom. The van der Waals surface area contributed by atoms with Crippen LogP contribution in [0.25, 0.3) is 0 Å². The zero-order valence-electron chi connectivity index (χ0n) is 8.12. The van der Waals surface area contributed by atoms with Crippen LogP contribution in [0.1, 0.15) is 13.8 Å². The number of hydrogen-bond donors (Lipinski definition) is 1. The summed E-state index contributed by atoms with van der Waals surface area (Å²) in [6.07, 6.45) is 0. The van der Waals surface area contributed by atoms with Gasteiger partial charge in [0.15, 0.2) is 9.84 Å². The number of hydrogen-bond acceptors (Lipinski definition) is 4. The Morgan fingerprint density at radius 1 is 1.46 bits per heavy atom. The topological polar surface area (TPSA) is 55.4 Å².